The summed E-state index contributed by atoms with van der Waals surface area (Å²) in [4.78, 5) is 16.0. The molecule has 1 N–H and O–H groups in total. The van der Waals surface area contributed by atoms with Crippen molar-refractivity contribution in [3.05, 3.63) is 52.3 Å². The number of benzene rings is 1. The zero-order valence-corrected chi connectivity index (χ0v) is 13.0. The summed E-state index contributed by atoms with van der Waals surface area (Å²) >= 11 is 0. The third-order valence-corrected chi connectivity index (χ3v) is 3.97. The molecule has 3 rings (SSSR count). The van der Waals surface area contributed by atoms with Crippen molar-refractivity contribution in [3.63, 3.8) is 0 Å². The molecule has 2 aromatic rings. The SMILES string of the molecule is CN1Cc2ccc(CN(C)C(=O)c3cc(C(F)F)[nH]n3)cc2C1. The van der Waals surface area contributed by atoms with Crippen molar-refractivity contribution in [2.45, 2.75) is 26.1 Å². The number of hydrogen-bond donors (Lipinski definition) is 1. The van der Waals surface area contributed by atoms with Gasteiger partial charge in [0.2, 0.25) is 0 Å². The van der Waals surface area contributed by atoms with E-state index in [2.05, 4.69) is 34.3 Å². The molecule has 23 heavy (non-hydrogen) atoms. The van der Waals surface area contributed by atoms with Gasteiger partial charge in [0.15, 0.2) is 5.69 Å². The second kappa shape index (κ2) is 6.08. The zero-order valence-electron chi connectivity index (χ0n) is 13.0. The molecule has 1 amide bonds. The molecule has 0 atom stereocenters. The number of carbonyl (C=O) groups is 1. The fraction of sp³-hybridized carbons (Fsp3) is 0.375. The Morgan fingerprint density at radius 2 is 2.09 bits per heavy atom. The Morgan fingerprint density at radius 1 is 1.35 bits per heavy atom. The van der Waals surface area contributed by atoms with Crippen LogP contribution in [0.5, 0.6) is 0 Å². The van der Waals surface area contributed by atoms with E-state index < -0.39 is 6.43 Å². The van der Waals surface area contributed by atoms with E-state index in [1.807, 2.05) is 6.07 Å². The number of fused-ring (bicyclic) bond motifs is 1. The Balaban J connectivity index is 1.70. The van der Waals surface area contributed by atoms with Crippen molar-refractivity contribution < 1.29 is 13.6 Å². The molecule has 1 aliphatic rings. The predicted molar refractivity (Wildman–Crippen MR) is 81.0 cm³/mol. The lowest BCUT2D eigenvalue weighted by Gasteiger charge is -2.16. The molecule has 0 aliphatic carbocycles. The molecule has 2 heterocycles. The van der Waals surface area contributed by atoms with Crippen molar-refractivity contribution in [3.8, 4) is 0 Å². The van der Waals surface area contributed by atoms with Gasteiger partial charge in [-0.25, -0.2) is 8.78 Å². The first-order valence-corrected chi connectivity index (χ1v) is 7.32. The summed E-state index contributed by atoms with van der Waals surface area (Å²) in [5.41, 5.74) is 3.25. The molecule has 122 valence electrons. The van der Waals surface area contributed by atoms with Crippen molar-refractivity contribution >= 4 is 5.91 Å². The molecule has 7 heteroatoms. The van der Waals surface area contributed by atoms with Crippen LogP contribution in [0, 0.1) is 0 Å². The van der Waals surface area contributed by atoms with Crippen LogP contribution in [0.4, 0.5) is 8.78 Å². The highest BCUT2D eigenvalue weighted by Gasteiger charge is 2.20. The van der Waals surface area contributed by atoms with Crippen LogP contribution in [0.1, 0.15) is 39.3 Å². The Kier molecular flexibility index (Phi) is 4.12. The zero-order chi connectivity index (χ0) is 16.6. The lowest BCUT2D eigenvalue weighted by molar-refractivity contribution is 0.0779. The Morgan fingerprint density at radius 3 is 2.78 bits per heavy atom. The number of nitrogens with one attached hydrogen (secondary N) is 1. The smallest absolute Gasteiger partial charge is 0.279 e. The Bertz CT molecular complexity index is 729. The molecule has 0 unspecified atom stereocenters. The molecular formula is C16H18F2N4O. The fourth-order valence-electron chi connectivity index (χ4n) is 2.82. The lowest BCUT2D eigenvalue weighted by atomic mass is 10.1. The number of rotatable bonds is 4. The molecule has 0 spiro atoms. The molecule has 0 saturated carbocycles. The third kappa shape index (κ3) is 3.24. The summed E-state index contributed by atoms with van der Waals surface area (Å²) in [7, 11) is 3.70. The van der Waals surface area contributed by atoms with Crippen LogP contribution in [0.2, 0.25) is 0 Å². The number of aromatic nitrogens is 2. The van der Waals surface area contributed by atoms with Crippen LogP contribution in [0.15, 0.2) is 24.3 Å². The standard InChI is InChI=1S/C16H18F2N4O/c1-21-8-11-4-3-10(5-12(11)9-21)7-22(2)16(23)14-6-13(15(17)18)19-20-14/h3-6,15H,7-9H2,1-2H3,(H,19,20). The minimum Gasteiger partial charge on any atom is -0.336 e. The average Bonchev–Trinajstić information content (AvgIpc) is 3.11. The number of hydrogen-bond acceptors (Lipinski definition) is 3. The minimum absolute atomic E-state index is 0.00342. The van der Waals surface area contributed by atoms with Gasteiger partial charge in [-0.3, -0.25) is 14.8 Å². The fourth-order valence-corrected chi connectivity index (χ4v) is 2.82. The highest BCUT2D eigenvalue weighted by molar-refractivity contribution is 5.92. The van der Waals surface area contributed by atoms with E-state index in [0.29, 0.717) is 6.54 Å². The van der Waals surface area contributed by atoms with Gasteiger partial charge >= 0.3 is 0 Å². The summed E-state index contributed by atoms with van der Waals surface area (Å²) in [5.74, 6) is -0.384. The average molecular weight is 320 g/mol. The predicted octanol–water partition coefficient (Wildman–Crippen LogP) is 2.56. The molecule has 0 saturated heterocycles. The monoisotopic (exact) mass is 320 g/mol. The van der Waals surface area contributed by atoms with Gasteiger partial charge < -0.3 is 4.90 Å². The van der Waals surface area contributed by atoms with Crippen molar-refractivity contribution in [2.24, 2.45) is 0 Å². The number of alkyl halides is 2. The molecule has 0 bridgehead atoms. The molecule has 1 aromatic heterocycles. The molecule has 0 fully saturated rings. The minimum atomic E-state index is -2.66. The molecule has 1 aromatic carbocycles. The number of aromatic amines is 1. The summed E-state index contributed by atoms with van der Waals surface area (Å²) in [6.07, 6.45) is -2.66. The summed E-state index contributed by atoms with van der Waals surface area (Å²) in [5, 5.41) is 5.86. The van der Waals surface area contributed by atoms with Gasteiger partial charge in [0.25, 0.3) is 12.3 Å². The van der Waals surface area contributed by atoms with Crippen molar-refractivity contribution in [2.75, 3.05) is 14.1 Å². The normalized spacial score (nSPS) is 14.3. The summed E-state index contributed by atoms with van der Waals surface area (Å²) < 4.78 is 25.1. The van der Waals surface area contributed by atoms with Gasteiger partial charge in [0.05, 0.1) is 0 Å². The highest BCUT2D eigenvalue weighted by Crippen LogP contribution is 2.23. The van der Waals surface area contributed by atoms with E-state index in [1.54, 1.807) is 7.05 Å². The Hall–Kier alpha value is -2.28. The van der Waals surface area contributed by atoms with Gasteiger partial charge in [0, 0.05) is 26.7 Å². The lowest BCUT2D eigenvalue weighted by Crippen LogP contribution is -2.26. The Labute approximate surface area is 132 Å². The van der Waals surface area contributed by atoms with Crippen LogP contribution in [-0.2, 0) is 19.6 Å². The van der Waals surface area contributed by atoms with E-state index in [1.165, 1.54) is 16.0 Å². The molecular weight excluding hydrogens is 302 g/mol. The van der Waals surface area contributed by atoms with E-state index in [-0.39, 0.29) is 17.3 Å². The second-order valence-corrected chi connectivity index (χ2v) is 5.95. The number of H-pyrrole nitrogens is 1. The maximum absolute atomic E-state index is 12.6. The second-order valence-electron chi connectivity index (χ2n) is 5.95. The van der Waals surface area contributed by atoms with Crippen molar-refractivity contribution in [1.82, 2.24) is 20.0 Å². The third-order valence-electron chi connectivity index (χ3n) is 3.97. The number of amides is 1. The first kappa shape index (κ1) is 15.6. The van der Waals surface area contributed by atoms with E-state index >= 15 is 0 Å². The van der Waals surface area contributed by atoms with E-state index in [4.69, 9.17) is 0 Å². The van der Waals surface area contributed by atoms with Crippen LogP contribution in [-0.4, -0.2) is 40.0 Å². The van der Waals surface area contributed by atoms with Gasteiger partial charge in [-0.05, 0) is 29.8 Å². The van der Waals surface area contributed by atoms with Gasteiger partial charge in [-0.2, -0.15) is 5.10 Å². The molecule has 1 aliphatic heterocycles. The van der Waals surface area contributed by atoms with Gasteiger partial charge in [-0.1, -0.05) is 18.2 Å². The van der Waals surface area contributed by atoms with E-state index in [9.17, 15) is 13.6 Å². The molecule has 5 nitrogen and oxygen atoms in total. The maximum Gasteiger partial charge on any atom is 0.279 e. The highest BCUT2D eigenvalue weighted by atomic mass is 19.3. The first-order chi connectivity index (χ1) is 10.9. The number of halogens is 2. The molecule has 0 radical (unpaired) electrons. The van der Waals surface area contributed by atoms with Gasteiger partial charge in [-0.15, -0.1) is 0 Å². The largest absolute Gasteiger partial charge is 0.336 e. The van der Waals surface area contributed by atoms with Crippen LogP contribution in [0.3, 0.4) is 0 Å². The summed E-state index contributed by atoms with van der Waals surface area (Å²) in [6.45, 7) is 2.25. The van der Waals surface area contributed by atoms with Crippen LogP contribution in [0.25, 0.3) is 0 Å². The first-order valence-electron chi connectivity index (χ1n) is 7.32. The number of carbonyl (C=O) groups excluding carboxylic acids is 1. The number of nitrogens with zero attached hydrogens (tertiary/aromatic N) is 3. The van der Waals surface area contributed by atoms with E-state index in [0.717, 1.165) is 24.7 Å². The topological polar surface area (TPSA) is 52.2 Å². The summed E-state index contributed by atoms with van der Waals surface area (Å²) in [6, 6.07) is 7.27. The van der Waals surface area contributed by atoms with Gasteiger partial charge in [0.1, 0.15) is 5.69 Å². The maximum atomic E-state index is 12.6. The van der Waals surface area contributed by atoms with Crippen molar-refractivity contribution in [1.29, 1.82) is 0 Å². The van der Waals surface area contributed by atoms with Crippen LogP contribution >= 0.6 is 0 Å². The quantitative estimate of drug-likeness (QED) is 0.942. The van der Waals surface area contributed by atoms with Crippen LogP contribution < -0.4 is 0 Å².